The molecule has 0 spiro atoms. The van der Waals surface area contributed by atoms with E-state index in [9.17, 15) is 13.2 Å². The van der Waals surface area contributed by atoms with Crippen LogP contribution < -0.4 is 10.6 Å². The maximum atomic E-state index is 12.8. The van der Waals surface area contributed by atoms with Crippen LogP contribution >= 0.6 is 23.2 Å². The van der Waals surface area contributed by atoms with E-state index >= 15 is 0 Å². The zero-order valence-electron chi connectivity index (χ0n) is 10.6. The van der Waals surface area contributed by atoms with E-state index in [-0.39, 0.29) is 16.8 Å². The van der Waals surface area contributed by atoms with E-state index in [1.807, 2.05) is 0 Å². The molecule has 9 heteroatoms. The predicted molar refractivity (Wildman–Crippen MR) is 76.3 cm³/mol. The SMILES string of the molecule is CNc1nc(Nc2ccc(Cl)cc2Cl)cc(C(F)(F)F)n1. The molecule has 2 aromatic rings. The summed E-state index contributed by atoms with van der Waals surface area (Å²) in [4.78, 5) is 7.26. The Morgan fingerprint density at radius 3 is 2.38 bits per heavy atom. The third-order valence-corrected chi connectivity index (χ3v) is 2.98. The minimum atomic E-state index is -4.57. The average Bonchev–Trinajstić information content (AvgIpc) is 2.40. The number of nitrogens with one attached hydrogen (secondary N) is 2. The van der Waals surface area contributed by atoms with Crippen molar-refractivity contribution in [3.05, 3.63) is 40.0 Å². The van der Waals surface area contributed by atoms with E-state index in [4.69, 9.17) is 23.2 Å². The fraction of sp³-hybridized carbons (Fsp3) is 0.167. The molecule has 0 radical (unpaired) electrons. The lowest BCUT2D eigenvalue weighted by molar-refractivity contribution is -0.141. The largest absolute Gasteiger partial charge is 0.433 e. The molecule has 0 aliphatic heterocycles. The molecule has 1 aromatic carbocycles. The van der Waals surface area contributed by atoms with Gasteiger partial charge < -0.3 is 10.6 Å². The van der Waals surface area contributed by atoms with Gasteiger partial charge in [0.2, 0.25) is 5.95 Å². The average molecular weight is 337 g/mol. The summed E-state index contributed by atoms with van der Waals surface area (Å²) in [5.74, 6) is -0.191. The van der Waals surface area contributed by atoms with Gasteiger partial charge in [0.15, 0.2) is 5.69 Å². The van der Waals surface area contributed by atoms with Crippen LogP contribution in [-0.2, 0) is 6.18 Å². The Morgan fingerprint density at radius 1 is 1.10 bits per heavy atom. The predicted octanol–water partition coefficient (Wildman–Crippen LogP) is 4.59. The van der Waals surface area contributed by atoms with E-state index < -0.39 is 11.9 Å². The molecule has 1 aromatic heterocycles. The number of benzene rings is 1. The van der Waals surface area contributed by atoms with Crippen LogP contribution in [0.5, 0.6) is 0 Å². The zero-order valence-corrected chi connectivity index (χ0v) is 12.1. The van der Waals surface area contributed by atoms with Crippen LogP contribution in [0.4, 0.5) is 30.6 Å². The van der Waals surface area contributed by atoms with Crippen LogP contribution in [-0.4, -0.2) is 17.0 Å². The van der Waals surface area contributed by atoms with Gasteiger partial charge in [-0.25, -0.2) is 4.98 Å². The van der Waals surface area contributed by atoms with Gasteiger partial charge in [-0.2, -0.15) is 18.2 Å². The monoisotopic (exact) mass is 336 g/mol. The summed E-state index contributed by atoms with van der Waals surface area (Å²) in [6.07, 6.45) is -4.57. The summed E-state index contributed by atoms with van der Waals surface area (Å²) in [5, 5.41) is 5.86. The molecule has 2 N–H and O–H groups in total. The summed E-state index contributed by atoms with van der Waals surface area (Å²) >= 11 is 11.7. The highest BCUT2D eigenvalue weighted by Gasteiger charge is 2.33. The number of anilines is 3. The van der Waals surface area contributed by atoms with Crippen molar-refractivity contribution >= 4 is 40.7 Å². The molecule has 0 aliphatic carbocycles. The Bertz CT molecular complexity index is 661. The standard InChI is InChI=1S/C12H9Cl2F3N4/c1-18-11-20-9(12(15,16)17)5-10(21-11)19-8-3-2-6(13)4-7(8)14/h2-5H,1H3,(H2,18,19,20,21). The molecule has 0 unspecified atom stereocenters. The Hall–Kier alpha value is -1.73. The van der Waals surface area contributed by atoms with E-state index in [2.05, 4.69) is 20.6 Å². The van der Waals surface area contributed by atoms with Crippen LogP contribution in [0.25, 0.3) is 0 Å². The van der Waals surface area contributed by atoms with Gasteiger partial charge in [0.05, 0.1) is 10.7 Å². The second kappa shape index (κ2) is 5.95. The van der Waals surface area contributed by atoms with Crippen LogP contribution in [0.15, 0.2) is 24.3 Å². The Kier molecular flexibility index (Phi) is 4.43. The molecule has 0 saturated heterocycles. The van der Waals surface area contributed by atoms with Crippen LogP contribution in [0.1, 0.15) is 5.69 Å². The molecule has 112 valence electrons. The maximum absolute atomic E-state index is 12.8. The first kappa shape index (κ1) is 15.7. The highest BCUT2D eigenvalue weighted by Crippen LogP contribution is 2.32. The second-order valence-corrected chi connectivity index (χ2v) is 4.80. The third kappa shape index (κ3) is 3.89. The Labute approximate surface area is 128 Å². The van der Waals surface area contributed by atoms with Crippen molar-refractivity contribution in [3.63, 3.8) is 0 Å². The number of nitrogens with zero attached hydrogens (tertiary/aromatic N) is 2. The molecule has 21 heavy (non-hydrogen) atoms. The molecule has 0 saturated carbocycles. The van der Waals surface area contributed by atoms with E-state index in [0.717, 1.165) is 6.07 Å². The number of hydrogen-bond donors (Lipinski definition) is 2. The summed E-state index contributed by atoms with van der Waals surface area (Å²) in [7, 11) is 1.43. The van der Waals surface area contributed by atoms with Gasteiger partial charge in [0.25, 0.3) is 0 Å². The minimum absolute atomic E-state index is 0.0362. The first-order chi connectivity index (χ1) is 9.79. The van der Waals surface area contributed by atoms with Crippen LogP contribution in [0.3, 0.4) is 0 Å². The molecular weight excluding hydrogens is 328 g/mol. The number of halogens is 5. The fourth-order valence-corrected chi connectivity index (χ4v) is 1.95. The molecule has 0 amide bonds. The second-order valence-electron chi connectivity index (χ2n) is 3.96. The van der Waals surface area contributed by atoms with Gasteiger partial charge in [-0.3, -0.25) is 0 Å². The molecule has 0 bridgehead atoms. The normalized spacial score (nSPS) is 11.3. The van der Waals surface area contributed by atoms with Crippen molar-refractivity contribution in [1.29, 1.82) is 0 Å². The highest BCUT2D eigenvalue weighted by atomic mass is 35.5. The lowest BCUT2D eigenvalue weighted by Gasteiger charge is -2.12. The van der Waals surface area contributed by atoms with Gasteiger partial charge in [-0.05, 0) is 18.2 Å². The van der Waals surface area contributed by atoms with E-state index in [1.165, 1.54) is 13.1 Å². The highest BCUT2D eigenvalue weighted by molar-refractivity contribution is 6.36. The molecule has 0 aliphatic rings. The third-order valence-electron chi connectivity index (χ3n) is 2.43. The number of alkyl halides is 3. The zero-order chi connectivity index (χ0) is 15.6. The molecule has 2 rings (SSSR count). The fourth-order valence-electron chi connectivity index (χ4n) is 1.50. The summed E-state index contributed by atoms with van der Waals surface area (Å²) in [6, 6.07) is 5.36. The molecule has 0 fully saturated rings. The van der Waals surface area contributed by atoms with Crippen molar-refractivity contribution in [2.75, 3.05) is 17.7 Å². The van der Waals surface area contributed by atoms with Gasteiger partial charge in [-0.15, -0.1) is 0 Å². The topological polar surface area (TPSA) is 49.8 Å². The maximum Gasteiger partial charge on any atom is 0.433 e. The molecular formula is C12H9Cl2F3N4. The summed E-state index contributed by atoms with van der Waals surface area (Å²) < 4.78 is 38.3. The lowest BCUT2D eigenvalue weighted by Crippen LogP contribution is -2.12. The van der Waals surface area contributed by atoms with Gasteiger partial charge >= 0.3 is 6.18 Å². The number of aromatic nitrogens is 2. The Balaban J connectivity index is 2.39. The summed E-state index contributed by atoms with van der Waals surface area (Å²) in [5.41, 5.74) is -0.676. The minimum Gasteiger partial charge on any atom is -0.357 e. The van der Waals surface area contributed by atoms with Crippen molar-refractivity contribution in [1.82, 2.24) is 9.97 Å². The van der Waals surface area contributed by atoms with Crippen LogP contribution in [0, 0.1) is 0 Å². The van der Waals surface area contributed by atoms with Crippen molar-refractivity contribution in [2.45, 2.75) is 6.18 Å². The first-order valence-corrected chi connectivity index (χ1v) is 6.41. The van der Waals surface area contributed by atoms with E-state index in [0.29, 0.717) is 10.7 Å². The smallest absolute Gasteiger partial charge is 0.357 e. The van der Waals surface area contributed by atoms with Crippen molar-refractivity contribution in [2.24, 2.45) is 0 Å². The quantitative estimate of drug-likeness (QED) is 0.860. The number of rotatable bonds is 3. The van der Waals surface area contributed by atoms with Gasteiger partial charge in [0, 0.05) is 18.1 Å². The van der Waals surface area contributed by atoms with E-state index in [1.54, 1.807) is 12.1 Å². The van der Waals surface area contributed by atoms with Gasteiger partial charge in [-0.1, -0.05) is 23.2 Å². The molecule has 1 heterocycles. The van der Waals surface area contributed by atoms with Crippen molar-refractivity contribution in [3.8, 4) is 0 Å². The first-order valence-electron chi connectivity index (χ1n) is 5.65. The number of hydrogen-bond acceptors (Lipinski definition) is 4. The molecule has 0 atom stereocenters. The lowest BCUT2D eigenvalue weighted by atomic mass is 10.3. The molecule has 4 nitrogen and oxygen atoms in total. The Morgan fingerprint density at radius 2 is 1.81 bits per heavy atom. The van der Waals surface area contributed by atoms with Crippen molar-refractivity contribution < 1.29 is 13.2 Å². The van der Waals surface area contributed by atoms with Gasteiger partial charge in [0.1, 0.15) is 5.82 Å². The summed E-state index contributed by atoms with van der Waals surface area (Å²) in [6.45, 7) is 0. The van der Waals surface area contributed by atoms with Crippen LogP contribution in [0.2, 0.25) is 10.0 Å².